The van der Waals surface area contributed by atoms with Crippen LogP contribution in [0.2, 0.25) is 0 Å². The van der Waals surface area contributed by atoms with E-state index < -0.39 is 17.2 Å². The highest BCUT2D eigenvalue weighted by Crippen LogP contribution is 2.17. The molecule has 7 nitrogen and oxygen atoms in total. The van der Waals surface area contributed by atoms with Gasteiger partial charge in [-0.15, -0.1) is 0 Å². The minimum absolute atomic E-state index is 0.0349. The standard InChI is InChI=1S/C8H7N3O4S/c1-2-15-7(13)5-3-4(11-16-5)6(12)10-8(14)9-3/h2H2,1H3,(H2,9,10,12,14). The molecule has 0 saturated heterocycles. The smallest absolute Gasteiger partial charge is 0.352 e. The zero-order valence-electron chi connectivity index (χ0n) is 8.20. The molecule has 2 aromatic heterocycles. The molecule has 0 aromatic carbocycles. The van der Waals surface area contributed by atoms with Gasteiger partial charge in [0.1, 0.15) is 5.52 Å². The number of hydrogen-bond donors (Lipinski definition) is 2. The van der Waals surface area contributed by atoms with Crippen LogP contribution in [0.25, 0.3) is 11.0 Å². The Morgan fingerprint density at radius 2 is 2.19 bits per heavy atom. The fraction of sp³-hybridized carbons (Fsp3) is 0.250. The van der Waals surface area contributed by atoms with Crippen LogP contribution in [0.1, 0.15) is 16.6 Å². The molecule has 0 atom stereocenters. The monoisotopic (exact) mass is 241 g/mol. The molecule has 16 heavy (non-hydrogen) atoms. The van der Waals surface area contributed by atoms with E-state index in [0.29, 0.717) is 0 Å². The zero-order chi connectivity index (χ0) is 11.7. The maximum Gasteiger partial charge on any atom is 0.352 e. The first-order valence-electron chi connectivity index (χ1n) is 4.42. The lowest BCUT2D eigenvalue weighted by atomic mass is 10.4. The van der Waals surface area contributed by atoms with Crippen molar-refractivity contribution in [1.82, 2.24) is 14.3 Å². The van der Waals surface area contributed by atoms with E-state index in [2.05, 4.69) is 9.36 Å². The summed E-state index contributed by atoms with van der Waals surface area (Å²) in [7, 11) is 0. The van der Waals surface area contributed by atoms with Gasteiger partial charge in [0.15, 0.2) is 10.4 Å². The van der Waals surface area contributed by atoms with Gasteiger partial charge in [-0.1, -0.05) is 0 Å². The lowest BCUT2D eigenvalue weighted by molar-refractivity contribution is 0.0534. The predicted molar refractivity (Wildman–Crippen MR) is 56.8 cm³/mol. The van der Waals surface area contributed by atoms with E-state index >= 15 is 0 Å². The number of aromatic amines is 2. The Morgan fingerprint density at radius 3 is 2.88 bits per heavy atom. The second-order valence-corrected chi connectivity index (χ2v) is 3.64. The van der Waals surface area contributed by atoms with Crippen LogP contribution in [0.5, 0.6) is 0 Å². The number of rotatable bonds is 2. The second kappa shape index (κ2) is 3.89. The number of ether oxygens (including phenoxy) is 1. The van der Waals surface area contributed by atoms with Gasteiger partial charge in [-0.3, -0.25) is 9.78 Å². The fourth-order valence-corrected chi connectivity index (χ4v) is 1.93. The summed E-state index contributed by atoms with van der Waals surface area (Å²) in [6.45, 7) is 1.88. The SMILES string of the molecule is CCOC(=O)c1snc2c(=O)[nH]c(=O)[nH]c12. The molecule has 84 valence electrons. The van der Waals surface area contributed by atoms with Gasteiger partial charge in [0.05, 0.1) is 6.61 Å². The highest BCUT2D eigenvalue weighted by atomic mass is 32.1. The van der Waals surface area contributed by atoms with Crippen molar-refractivity contribution in [2.24, 2.45) is 0 Å². The van der Waals surface area contributed by atoms with Gasteiger partial charge in [-0.25, -0.2) is 9.59 Å². The van der Waals surface area contributed by atoms with Gasteiger partial charge >= 0.3 is 11.7 Å². The first-order chi connectivity index (χ1) is 7.63. The number of H-pyrrole nitrogens is 2. The van der Waals surface area contributed by atoms with Gasteiger partial charge in [-0.05, 0) is 18.5 Å². The molecule has 2 aromatic rings. The van der Waals surface area contributed by atoms with Crippen LogP contribution in [0.15, 0.2) is 9.59 Å². The van der Waals surface area contributed by atoms with Crippen LogP contribution < -0.4 is 11.2 Å². The van der Waals surface area contributed by atoms with Gasteiger partial charge in [-0.2, -0.15) is 4.37 Å². The van der Waals surface area contributed by atoms with Crippen molar-refractivity contribution in [3.05, 3.63) is 25.7 Å². The molecule has 2 N–H and O–H groups in total. The molecule has 2 rings (SSSR count). The topological polar surface area (TPSA) is 105 Å². The van der Waals surface area contributed by atoms with Gasteiger partial charge in [0.2, 0.25) is 0 Å². The summed E-state index contributed by atoms with van der Waals surface area (Å²) >= 11 is 0.819. The highest BCUT2D eigenvalue weighted by Gasteiger charge is 2.17. The predicted octanol–water partition coefficient (Wildman–Crippen LogP) is -0.150. The summed E-state index contributed by atoms with van der Waals surface area (Å²) in [4.78, 5) is 38.3. The van der Waals surface area contributed by atoms with Crippen molar-refractivity contribution in [3.63, 3.8) is 0 Å². The van der Waals surface area contributed by atoms with Crippen LogP contribution in [-0.4, -0.2) is 26.9 Å². The molecule has 0 spiro atoms. The zero-order valence-corrected chi connectivity index (χ0v) is 9.01. The molecule has 0 unspecified atom stereocenters. The third-order valence-corrected chi connectivity index (χ3v) is 2.66. The summed E-state index contributed by atoms with van der Waals surface area (Å²) in [6, 6.07) is 0. The van der Waals surface area contributed by atoms with Crippen molar-refractivity contribution in [1.29, 1.82) is 0 Å². The third-order valence-electron chi connectivity index (χ3n) is 1.83. The summed E-state index contributed by atoms with van der Waals surface area (Å²) in [6.07, 6.45) is 0. The van der Waals surface area contributed by atoms with Gasteiger partial charge in [0, 0.05) is 0 Å². The number of hydrogen-bond acceptors (Lipinski definition) is 6. The minimum atomic E-state index is -0.678. The van der Waals surface area contributed by atoms with Crippen molar-refractivity contribution >= 4 is 28.5 Å². The maximum absolute atomic E-state index is 11.5. The Bertz CT molecular complexity index is 653. The van der Waals surface area contributed by atoms with Crippen LogP contribution in [0.3, 0.4) is 0 Å². The molecule has 0 amide bonds. The molecule has 0 saturated carbocycles. The lowest BCUT2D eigenvalue weighted by Gasteiger charge is -1.97. The molecule has 0 aliphatic rings. The number of esters is 1. The number of carbonyl (C=O) groups is 1. The quantitative estimate of drug-likeness (QED) is 0.711. The average molecular weight is 241 g/mol. The Balaban J connectivity index is 2.69. The van der Waals surface area contributed by atoms with Crippen molar-refractivity contribution in [2.45, 2.75) is 6.92 Å². The highest BCUT2D eigenvalue weighted by molar-refractivity contribution is 7.09. The molecular formula is C8H7N3O4S. The molecule has 0 fully saturated rings. The Labute approximate surface area is 92.2 Å². The summed E-state index contributed by atoms with van der Waals surface area (Å²) in [5.41, 5.74) is -1.14. The molecule has 0 radical (unpaired) electrons. The van der Waals surface area contributed by atoms with E-state index in [4.69, 9.17) is 4.74 Å². The second-order valence-electron chi connectivity index (χ2n) is 2.86. The molecule has 0 aliphatic heterocycles. The summed E-state index contributed by atoms with van der Waals surface area (Å²) in [5.74, 6) is -0.601. The van der Waals surface area contributed by atoms with E-state index in [-0.39, 0.29) is 22.5 Å². The van der Waals surface area contributed by atoms with Crippen LogP contribution >= 0.6 is 11.5 Å². The molecule has 8 heteroatoms. The van der Waals surface area contributed by atoms with E-state index in [0.717, 1.165) is 11.5 Å². The van der Waals surface area contributed by atoms with Gasteiger partial charge in [0.25, 0.3) is 5.56 Å². The molecular weight excluding hydrogens is 234 g/mol. The number of nitrogens with one attached hydrogen (secondary N) is 2. The Morgan fingerprint density at radius 1 is 1.44 bits per heavy atom. The van der Waals surface area contributed by atoms with E-state index in [1.54, 1.807) is 6.92 Å². The normalized spacial score (nSPS) is 10.6. The van der Waals surface area contributed by atoms with E-state index in [9.17, 15) is 14.4 Å². The van der Waals surface area contributed by atoms with Crippen molar-refractivity contribution < 1.29 is 9.53 Å². The third kappa shape index (κ3) is 1.63. The van der Waals surface area contributed by atoms with E-state index in [1.807, 2.05) is 4.98 Å². The first-order valence-corrected chi connectivity index (χ1v) is 5.20. The molecule has 0 bridgehead atoms. The number of aromatic nitrogens is 3. The summed E-state index contributed by atoms with van der Waals surface area (Å²) in [5, 5.41) is 0. The minimum Gasteiger partial charge on any atom is -0.462 e. The Kier molecular flexibility index (Phi) is 2.57. The fourth-order valence-electron chi connectivity index (χ4n) is 1.20. The number of nitrogens with zero attached hydrogens (tertiary/aromatic N) is 1. The molecule has 2 heterocycles. The van der Waals surface area contributed by atoms with Crippen LogP contribution in [0.4, 0.5) is 0 Å². The maximum atomic E-state index is 11.5. The number of fused-ring (bicyclic) bond motifs is 1. The lowest BCUT2D eigenvalue weighted by Crippen LogP contribution is -2.22. The number of carbonyl (C=O) groups excluding carboxylic acids is 1. The Hall–Kier alpha value is -1.96. The van der Waals surface area contributed by atoms with Crippen molar-refractivity contribution in [3.8, 4) is 0 Å². The van der Waals surface area contributed by atoms with E-state index in [1.165, 1.54) is 0 Å². The van der Waals surface area contributed by atoms with Crippen molar-refractivity contribution in [2.75, 3.05) is 6.61 Å². The van der Waals surface area contributed by atoms with Crippen LogP contribution in [0, 0.1) is 0 Å². The first kappa shape index (κ1) is 10.6. The van der Waals surface area contributed by atoms with Gasteiger partial charge < -0.3 is 9.72 Å². The van der Waals surface area contributed by atoms with Crippen LogP contribution in [-0.2, 0) is 4.74 Å². The average Bonchev–Trinajstić information content (AvgIpc) is 2.61. The largest absolute Gasteiger partial charge is 0.462 e. The molecule has 0 aliphatic carbocycles. The summed E-state index contributed by atoms with van der Waals surface area (Å²) < 4.78 is 8.56.